The first-order valence-corrected chi connectivity index (χ1v) is 5.87. The van der Waals surface area contributed by atoms with Gasteiger partial charge in [0.1, 0.15) is 0 Å². The summed E-state index contributed by atoms with van der Waals surface area (Å²) in [6.45, 7) is 5.25. The van der Waals surface area contributed by atoms with Gasteiger partial charge in [0.05, 0.1) is 11.5 Å². The summed E-state index contributed by atoms with van der Waals surface area (Å²) < 4.78 is 12.8. The molecule has 5 heteroatoms. The molecular weight excluding hydrogens is 175 g/mol. The van der Waals surface area contributed by atoms with Crippen LogP contribution in [0.15, 0.2) is 12.4 Å². The molecule has 68 valence electrons. The first-order chi connectivity index (χ1) is 5.41. The van der Waals surface area contributed by atoms with Crippen LogP contribution in [0.4, 0.5) is 0 Å². The molecule has 0 saturated heterocycles. The lowest BCUT2D eigenvalue weighted by Crippen LogP contribution is -2.03. The highest BCUT2D eigenvalue weighted by molar-refractivity contribution is 7.65. The summed E-state index contributed by atoms with van der Waals surface area (Å²) in [5.41, 5.74) is 0. The quantitative estimate of drug-likeness (QED) is 0.704. The Morgan fingerprint density at radius 2 is 2.25 bits per heavy atom. The van der Waals surface area contributed by atoms with E-state index in [0.29, 0.717) is 5.30 Å². The summed E-state index contributed by atoms with van der Waals surface area (Å²) in [5, 5.41) is 4.38. The summed E-state index contributed by atoms with van der Waals surface area (Å²) in [5.74, 6) is 0. The Labute approximate surface area is 71.7 Å². The molecule has 0 aliphatic rings. The Morgan fingerprint density at radius 1 is 1.67 bits per heavy atom. The largest absolute Gasteiger partial charge is 0.341 e. The molecule has 0 saturated carbocycles. The van der Waals surface area contributed by atoms with E-state index in [-0.39, 0.29) is 6.04 Å². The highest BCUT2D eigenvalue weighted by atomic mass is 31.2. The molecule has 0 spiro atoms. The number of nitrogens with zero attached hydrogens (tertiary/aromatic N) is 2. The lowest BCUT2D eigenvalue weighted by atomic mass is 10.4. The van der Waals surface area contributed by atoms with Gasteiger partial charge in [0.2, 0.25) is 7.37 Å². The molecule has 1 N–H and O–H groups in total. The minimum absolute atomic E-state index is 0.227. The van der Waals surface area contributed by atoms with Crippen molar-refractivity contribution in [2.75, 3.05) is 6.66 Å². The van der Waals surface area contributed by atoms with Gasteiger partial charge in [-0.15, -0.1) is 0 Å². The zero-order valence-electron chi connectivity index (χ0n) is 7.43. The van der Waals surface area contributed by atoms with Gasteiger partial charge in [-0.1, -0.05) is 0 Å². The second-order valence-electron chi connectivity index (χ2n) is 3.15. The van der Waals surface area contributed by atoms with E-state index in [9.17, 15) is 9.46 Å². The minimum atomic E-state index is -3.12. The number of hydrogen-bond acceptors (Lipinski definition) is 2. The van der Waals surface area contributed by atoms with Crippen LogP contribution in [0.2, 0.25) is 0 Å². The van der Waals surface area contributed by atoms with Crippen molar-refractivity contribution in [3.63, 3.8) is 0 Å². The third kappa shape index (κ3) is 1.96. The van der Waals surface area contributed by atoms with E-state index < -0.39 is 7.37 Å². The second kappa shape index (κ2) is 3.04. The fourth-order valence-electron chi connectivity index (χ4n) is 0.825. The van der Waals surface area contributed by atoms with Crippen LogP contribution in [0, 0.1) is 0 Å². The Morgan fingerprint density at radius 3 is 2.50 bits per heavy atom. The molecule has 0 amide bonds. The van der Waals surface area contributed by atoms with E-state index in [1.54, 1.807) is 10.9 Å². The van der Waals surface area contributed by atoms with Gasteiger partial charge in [-0.2, -0.15) is 5.10 Å². The zero-order chi connectivity index (χ0) is 9.35. The molecule has 12 heavy (non-hydrogen) atoms. The van der Waals surface area contributed by atoms with Crippen molar-refractivity contribution in [3.8, 4) is 0 Å². The smallest absolute Gasteiger partial charge is 0.229 e. The van der Waals surface area contributed by atoms with Crippen LogP contribution in [-0.2, 0) is 4.57 Å². The van der Waals surface area contributed by atoms with Gasteiger partial charge in [-0.25, -0.2) is 0 Å². The molecule has 1 atom stereocenters. The molecule has 0 aliphatic heterocycles. The predicted molar refractivity (Wildman–Crippen MR) is 48.0 cm³/mol. The van der Waals surface area contributed by atoms with Crippen molar-refractivity contribution in [1.82, 2.24) is 9.78 Å². The fourth-order valence-corrected chi connectivity index (χ4v) is 1.42. The van der Waals surface area contributed by atoms with Gasteiger partial charge in [-0.3, -0.25) is 9.25 Å². The first kappa shape index (κ1) is 9.49. The highest BCUT2D eigenvalue weighted by Gasteiger charge is 2.16. The summed E-state index contributed by atoms with van der Waals surface area (Å²) >= 11 is 0. The second-order valence-corrected chi connectivity index (χ2v) is 5.43. The van der Waals surface area contributed by atoms with Crippen molar-refractivity contribution in [2.24, 2.45) is 0 Å². The molecular formula is C7H13N2O2P. The van der Waals surface area contributed by atoms with Gasteiger partial charge < -0.3 is 4.89 Å². The van der Waals surface area contributed by atoms with E-state index >= 15 is 0 Å². The van der Waals surface area contributed by atoms with E-state index in [2.05, 4.69) is 5.10 Å². The van der Waals surface area contributed by atoms with Crippen LogP contribution >= 0.6 is 7.37 Å². The van der Waals surface area contributed by atoms with Crippen LogP contribution in [0.3, 0.4) is 0 Å². The fraction of sp³-hybridized carbons (Fsp3) is 0.571. The SMILES string of the molecule is CC(C)n1cc(P(C)(=O)O)cn1. The van der Waals surface area contributed by atoms with E-state index in [4.69, 9.17) is 0 Å². The molecule has 1 aromatic heterocycles. The topological polar surface area (TPSA) is 55.1 Å². The lowest BCUT2D eigenvalue weighted by Gasteiger charge is -2.03. The summed E-state index contributed by atoms with van der Waals surface area (Å²) in [6.07, 6.45) is 3.06. The van der Waals surface area contributed by atoms with Gasteiger partial charge >= 0.3 is 0 Å². The molecule has 1 heterocycles. The molecule has 1 aromatic rings. The summed E-state index contributed by atoms with van der Waals surface area (Å²) in [6, 6.07) is 0.227. The van der Waals surface area contributed by atoms with Crippen LogP contribution < -0.4 is 5.30 Å². The van der Waals surface area contributed by atoms with Crippen LogP contribution in [0.1, 0.15) is 19.9 Å². The average Bonchev–Trinajstić information content (AvgIpc) is 2.30. The third-order valence-electron chi connectivity index (χ3n) is 1.60. The third-order valence-corrected chi connectivity index (χ3v) is 2.79. The maximum absolute atomic E-state index is 11.2. The molecule has 0 aliphatic carbocycles. The van der Waals surface area contributed by atoms with Crippen molar-refractivity contribution >= 4 is 12.7 Å². The van der Waals surface area contributed by atoms with E-state index in [1.165, 1.54) is 12.9 Å². The molecule has 1 rings (SSSR count). The van der Waals surface area contributed by atoms with Crippen LogP contribution in [-0.4, -0.2) is 21.3 Å². The minimum Gasteiger partial charge on any atom is -0.341 e. The maximum atomic E-state index is 11.2. The Hall–Kier alpha value is -0.600. The number of hydrogen-bond donors (Lipinski definition) is 1. The van der Waals surface area contributed by atoms with Crippen molar-refractivity contribution < 1.29 is 9.46 Å². The zero-order valence-corrected chi connectivity index (χ0v) is 8.32. The van der Waals surface area contributed by atoms with Crippen molar-refractivity contribution in [2.45, 2.75) is 19.9 Å². The van der Waals surface area contributed by atoms with E-state index in [0.717, 1.165) is 0 Å². The molecule has 0 radical (unpaired) electrons. The Balaban J connectivity index is 3.00. The van der Waals surface area contributed by atoms with Crippen LogP contribution in [0.5, 0.6) is 0 Å². The maximum Gasteiger partial charge on any atom is 0.229 e. The van der Waals surface area contributed by atoms with Crippen LogP contribution in [0.25, 0.3) is 0 Å². The lowest BCUT2D eigenvalue weighted by molar-refractivity contribution is 0.496. The monoisotopic (exact) mass is 188 g/mol. The predicted octanol–water partition coefficient (Wildman–Crippen LogP) is 0.989. The molecule has 1 unspecified atom stereocenters. The number of rotatable bonds is 2. The standard InChI is InChI=1S/C7H13N2O2P/c1-6(2)9-5-7(4-8-9)12(3,10)11/h4-6H,1-3H3,(H,10,11). The Kier molecular flexibility index (Phi) is 2.40. The molecule has 0 bridgehead atoms. The van der Waals surface area contributed by atoms with Gasteiger partial charge in [0.25, 0.3) is 0 Å². The summed E-state index contributed by atoms with van der Waals surface area (Å²) in [4.78, 5) is 9.19. The average molecular weight is 188 g/mol. The first-order valence-electron chi connectivity index (χ1n) is 3.76. The highest BCUT2D eigenvalue weighted by Crippen LogP contribution is 2.33. The molecule has 4 nitrogen and oxygen atoms in total. The number of aromatic nitrogens is 2. The molecule has 0 fully saturated rings. The van der Waals surface area contributed by atoms with Crippen molar-refractivity contribution in [3.05, 3.63) is 12.4 Å². The van der Waals surface area contributed by atoms with Gasteiger partial charge in [0, 0.05) is 18.9 Å². The van der Waals surface area contributed by atoms with Gasteiger partial charge in [0.15, 0.2) is 0 Å². The summed E-state index contributed by atoms with van der Waals surface area (Å²) in [7, 11) is -3.12. The molecule has 0 aromatic carbocycles. The normalized spacial score (nSPS) is 16.4. The van der Waals surface area contributed by atoms with E-state index in [1.807, 2.05) is 13.8 Å². The van der Waals surface area contributed by atoms with Crippen molar-refractivity contribution in [1.29, 1.82) is 0 Å². The van der Waals surface area contributed by atoms with Gasteiger partial charge in [-0.05, 0) is 13.8 Å². The Bertz CT molecular complexity index is 313.